The second kappa shape index (κ2) is 11.3. The first-order valence-corrected chi connectivity index (χ1v) is 11.6. The van der Waals surface area contributed by atoms with Crippen LogP contribution in [-0.4, -0.2) is 22.6 Å². The molecule has 6 nitrogen and oxygen atoms in total. The van der Waals surface area contributed by atoms with E-state index in [0.29, 0.717) is 5.56 Å². The highest BCUT2D eigenvalue weighted by Crippen LogP contribution is 2.20. The fraction of sp³-hybridized carbons (Fsp3) is 0.138. The van der Waals surface area contributed by atoms with Crippen LogP contribution in [0.3, 0.4) is 0 Å². The first-order chi connectivity index (χ1) is 17.4. The number of aryl methyl sites for hydroxylation is 1. The molecule has 1 atom stereocenters. The van der Waals surface area contributed by atoms with Crippen LogP contribution < -0.4 is 10.7 Å². The van der Waals surface area contributed by atoms with Crippen molar-refractivity contribution >= 4 is 18.0 Å². The van der Waals surface area contributed by atoms with Gasteiger partial charge in [-0.05, 0) is 61.9 Å². The lowest BCUT2D eigenvalue weighted by Crippen LogP contribution is -2.32. The van der Waals surface area contributed by atoms with Gasteiger partial charge in [0.2, 0.25) is 5.91 Å². The fourth-order valence-corrected chi connectivity index (χ4v) is 4.08. The van der Waals surface area contributed by atoms with E-state index in [0.717, 1.165) is 28.2 Å². The summed E-state index contributed by atoms with van der Waals surface area (Å²) < 4.78 is 15.3. The normalized spacial score (nSPS) is 11.9. The molecule has 4 rings (SSSR count). The maximum absolute atomic E-state index is 13.3. The average molecular weight is 483 g/mol. The number of nitrogens with zero attached hydrogens (tertiary/aromatic N) is 2. The van der Waals surface area contributed by atoms with E-state index >= 15 is 0 Å². The molecule has 0 unspecified atom stereocenters. The van der Waals surface area contributed by atoms with Crippen LogP contribution in [0.1, 0.15) is 45.3 Å². The molecule has 0 bridgehead atoms. The monoisotopic (exact) mass is 482 g/mol. The number of hydrogen-bond acceptors (Lipinski definition) is 3. The van der Waals surface area contributed by atoms with Gasteiger partial charge in [0.1, 0.15) is 5.82 Å². The van der Waals surface area contributed by atoms with Gasteiger partial charge >= 0.3 is 0 Å². The number of amides is 2. The number of carbonyl (C=O) groups is 2. The SMILES string of the molecule is Cc1cc(/C=N\NC(=O)C[C@@H](NC(=O)c2ccccc2)c2ccccc2)c(C)n1-c1ccc(F)cc1. The van der Waals surface area contributed by atoms with E-state index in [2.05, 4.69) is 15.8 Å². The van der Waals surface area contributed by atoms with Crippen LogP contribution in [-0.2, 0) is 4.79 Å². The number of hydrogen-bond donors (Lipinski definition) is 2. The Bertz CT molecular complexity index is 1360. The summed E-state index contributed by atoms with van der Waals surface area (Å²) in [6.45, 7) is 3.89. The van der Waals surface area contributed by atoms with Gasteiger partial charge in [-0.25, -0.2) is 9.82 Å². The molecule has 1 heterocycles. The van der Waals surface area contributed by atoms with Crippen molar-refractivity contribution in [2.45, 2.75) is 26.3 Å². The molecule has 4 aromatic rings. The molecule has 2 amide bonds. The van der Waals surface area contributed by atoms with Gasteiger partial charge in [0.05, 0.1) is 18.7 Å². The molecule has 36 heavy (non-hydrogen) atoms. The fourth-order valence-electron chi connectivity index (χ4n) is 4.08. The minimum Gasteiger partial charge on any atom is -0.345 e. The van der Waals surface area contributed by atoms with Gasteiger partial charge in [0.15, 0.2) is 0 Å². The van der Waals surface area contributed by atoms with Crippen molar-refractivity contribution in [1.82, 2.24) is 15.3 Å². The summed E-state index contributed by atoms with van der Waals surface area (Å²) in [5.41, 5.74) is 7.45. The van der Waals surface area contributed by atoms with E-state index in [9.17, 15) is 14.0 Å². The Morgan fingerprint density at radius 3 is 2.25 bits per heavy atom. The third kappa shape index (κ3) is 5.93. The van der Waals surface area contributed by atoms with Crippen molar-refractivity contribution in [1.29, 1.82) is 0 Å². The second-order valence-electron chi connectivity index (χ2n) is 8.44. The largest absolute Gasteiger partial charge is 0.345 e. The highest BCUT2D eigenvalue weighted by Gasteiger charge is 2.19. The maximum atomic E-state index is 13.3. The van der Waals surface area contributed by atoms with Crippen LogP contribution in [0.5, 0.6) is 0 Å². The van der Waals surface area contributed by atoms with Gasteiger partial charge in [-0.1, -0.05) is 48.5 Å². The van der Waals surface area contributed by atoms with Gasteiger partial charge in [0.25, 0.3) is 5.91 Å². The van der Waals surface area contributed by atoms with Crippen LogP contribution in [0.25, 0.3) is 5.69 Å². The summed E-state index contributed by atoms with van der Waals surface area (Å²) in [5, 5.41) is 7.09. The first kappa shape index (κ1) is 24.6. The third-order valence-corrected chi connectivity index (χ3v) is 5.88. The Hall–Kier alpha value is -4.52. The number of nitrogens with one attached hydrogen (secondary N) is 2. The summed E-state index contributed by atoms with van der Waals surface area (Å²) in [4.78, 5) is 25.4. The van der Waals surface area contributed by atoms with Crippen molar-refractivity contribution in [3.05, 3.63) is 125 Å². The second-order valence-corrected chi connectivity index (χ2v) is 8.44. The molecular formula is C29H27FN4O2. The zero-order chi connectivity index (χ0) is 25.5. The first-order valence-electron chi connectivity index (χ1n) is 11.6. The molecule has 182 valence electrons. The predicted octanol–water partition coefficient (Wildman–Crippen LogP) is 5.24. The molecule has 3 aromatic carbocycles. The van der Waals surface area contributed by atoms with Gasteiger partial charge in [0, 0.05) is 28.2 Å². The maximum Gasteiger partial charge on any atom is 0.251 e. The minimum absolute atomic E-state index is 0.0223. The predicted molar refractivity (Wildman–Crippen MR) is 139 cm³/mol. The number of carbonyl (C=O) groups excluding carboxylic acids is 2. The summed E-state index contributed by atoms with van der Waals surface area (Å²) in [6, 6.07) is 25.9. The summed E-state index contributed by atoms with van der Waals surface area (Å²) in [5.74, 6) is -0.880. The number of rotatable bonds is 8. The molecule has 0 fully saturated rings. The molecule has 7 heteroatoms. The van der Waals surface area contributed by atoms with Crippen LogP contribution in [0.2, 0.25) is 0 Å². The van der Waals surface area contributed by atoms with Crippen LogP contribution in [0.4, 0.5) is 4.39 Å². The number of aromatic nitrogens is 1. The third-order valence-electron chi connectivity index (χ3n) is 5.88. The van der Waals surface area contributed by atoms with Crippen LogP contribution >= 0.6 is 0 Å². The molecule has 0 saturated carbocycles. The molecule has 0 saturated heterocycles. The lowest BCUT2D eigenvalue weighted by atomic mass is 10.0. The van der Waals surface area contributed by atoms with E-state index in [1.807, 2.05) is 60.9 Å². The number of hydrazone groups is 1. The molecule has 2 N–H and O–H groups in total. The van der Waals surface area contributed by atoms with Crippen molar-refractivity contribution in [2.24, 2.45) is 5.10 Å². The highest BCUT2D eigenvalue weighted by molar-refractivity contribution is 5.94. The molecule has 0 spiro atoms. The molecule has 0 aliphatic carbocycles. The Morgan fingerprint density at radius 2 is 1.58 bits per heavy atom. The van der Waals surface area contributed by atoms with Crippen molar-refractivity contribution in [2.75, 3.05) is 0 Å². The molecular weight excluding hydrogens is 455 g/mol. The minimum atomic E-state index is -0.516. The Labute approximate surface area is 209 Å². The van der Waals surface area contributed by atoms with Crippen molar-refractivity contribution in [3.63, 3.8) is 0 Å². The Morgan fingerprint density at radius 1 is 0.944 bits per heavy atom. The van der Waals surface area contributed by atoms with E-state index in [-0.39, 0.29) is 24.1 Å². The van der Waals surface area contributed by atoms with Gasteiger partial charge in [-0.2, -0.15) is 5.10 Å². The summed E-state index contributed by atoms with van der Waals surface area (Å²) in [7, 11) is 0. The molecule has 1 aromatic heterocycles. The van der Waals surface area contributed by atoms with E-state index in [1.165, 1.54) is 12.1 Å². The number of halogens is 1. The zero-order valence-corrected chi connectivity index (χ0v) is 20.1. The Kier molecular flexibility index (Phi) is 7.70. The number of benzene rings is 3. The van der Waals surface area contributed by atoms with Gasteiger partial charge < -0.3 is 9.88 Å². The molecule has 0 radical (unpaired) electrons. The zero-order valence-electron chi connectivity index (χ0n) is 20.1. The standard InChI is InChI=1S/C29H27FN4O2/c1-20-17-24(21(2)34(20)26-15-13-25(30)14-16-26)19-31-33-28(35)18-27(22-9-5-3-6-10-22)32-29(36)23-11-7-4-8-12-23/h3-17,19,27H,18H2,1-2H3,(H,32,36)(H,33,35)/b31-19-/t27-/m1/s1. The van der Waals surface area contributed by atoms with Gasteiger partial charge in [-0.15, -0.1) is 0 Å². The van der Waals surface area contributed by atoms with E-state index < -0.39 is 6.04 Å². The summed E-state index contributed by atoms with van der Waals surface area (Å²) >= 11 is 0. The van der Waals surface area contributed by atoms with E-state index in [4.69, 9.17) is 0 Å². The quantitative estimate of drug-likeness (QED) is 0.266. The lowest BCUT2D eigenvalue weighted by Gasteiger charge is -2.18. The highest BCUT2D eigenvalue weighted by atomic mass is 19.1. The molecule has 0 aliphatic rings. The lowest BCUT2D eigenvalue weighted by molar-refractivity contribution is -0.121. The van der Waals surface area contributed by atoms with Crippen molar-refractivity contribution in [3.8, 4) is 5.69 Å². The van der Waals surface area contributed by atoms with Crippen LogP contribution in [0, 0.1) is 19.7 Å². The topological polar surface area (TPSA) is 75.5 Å². The van der Waals surface area contributed by atoms with Crippen LogP contribution in [0.15, 0.2) is 96.1 Å². The molecule has 0 aliphatic heterocycles. The Balaban J connectivity index is 1.44. The van der Waals surface area contributed by atoms with Gasteiger partial charge in [-0.3, -0.25) is 9.59 Å². The average Bonchev–Trinajstić information content (AvgIpc) is 3.17. The summed E-state index contributed by atoms with van der Waals surface area (Å²) in [6.07, 6.45) is 1.61. The smallest absolute Gasteiger partial charge is 0.251 e. The van der Waals surface area contributed by atoms with Crippen molar-refractivity contribution < 1.29 is 14.0 Å². The van der Waals surface area contributed by atoms with E-state index in [1.54, 1.807) is 42.6 Å².